The van der Waals surface area contributed by atoms with Crippen molar-refractivity contribution in [2.45, 2.75) is 45.1 Å². The average Bonchev–Trinajstić information content (AvgIpc) is 2.46. The number of carbonyl (C=O) groups excluding carboxylic acids is 1. The van der Waals surface area contributed by atoms with E-state index in [1.165, 1.54) is 19.3 Å². The Balaban J connectivity index is 2.00. The Bertz CT molecular complexity index is 308. The van der Waals surface area contributed by atoms with Crippen LogP contribution in [0.25, 0.3) is 0 Å². The van der Waals surface area contributed by atoms with Crippen LogP contribution in [0.15, 0.2) is 0 Å². The first-order chi connectivity index (χ1) is 9.15. The molecular weight excluding hydrogens is 238 g/mol. The Labute approximate surface area is 117 Å². The first-order valence-electron chi connectivity index (χ1n) is 7.81. The van der Waals surface area contributed by atoms with Gasteiger partial charge in [0.2, 0.25) is 5.91 Å². The van der Waals surface area contributed by atoms with Crippen LogP contribution in [-0.4, -0.2) is 43.5 Å². The maximum atomic E-state index is 11.8. The Morgan fingerprint density at radius 1 is 1.37 bits per heavy atom. The predicted molar refractivity (Wildman–Crippen MR) is 77.7 cm³/mol. The van der Waals surface area contributed by atoms with E-state index in [2.05, 4.69) is 17.1 Å². The van der Waals surface area contributed by atoms with Crippen molar-refractivity contribution < 1.29 is 4.79 Å². The first kappa shape index (κ1) is 14.8. The average molecular weight is 267 g/mol. The molecule has 0 bridgehead atoms. The second kappa shape index (κ2) is 6.71. The van der Waals surface area contributed by atoms with Crippen LogP contribution < -0.4 is 11.1 Å². The van der Waals surface area contributed by atoms with Gasteiger partial charge in [-0.15, -0.1) is 0 Å². The zero-order valence-electron chi connectivity index (χ0n) is 12.4. The van der Waals surface area contributed by atoms with Crippen molar-refractivity contribution in [2.24, 2.45) is 23.5 Å². The minimum atomic E-state index is 0.175. The van der Waals surface area contributed by atoms with Crippen molar-refractivity contribution in [1.82, 2.24) is 10.2 Å². The largest absolute Gasteiger partial charge is 0.359 e. The molecule has 1 saturated carbocycles. The number of nitrogens with zero attached hydrogens (tertiary/aromatic N) is 1. The highest BCUT2D eigenvalue weighted by atomic mass is 16.1. The van der Waals surface area contributed by atoms with Crippen LogP contribution in [0.2, 0.25) is 0 Å². The summed E-state index contributed by atoms with van der Waals surface area (Å²) >= 11 is 0. The number of likely N-dealkylation sites (tertiary alicyclic amines) is 1. The lowest BCUT2D eigenvalue weighted by Gasteiger charge is -2.44. The molecule has 3 N–H and O–H groups in total. The Hall–Kier alpha value is -0.610. The summed E-state index contributed by atoms with van der Waals surface area (Å²) in [6.07, 6.45) is 5.99. The van der Waals surface area contributed by atoms with E-state index < -0.39 is 0 Å². The molecule has 1 saturated heterocycles. The number of hydrogen-bond donors (Lipinski definition) is 2. The highest BCUT2D eigenvalue weighted by Crippen LogP contribution is 2.33. The monoisotopic (exact) mass is 267 g/mol. The lowest BCUT2D eigenvalue weighted by molar-refractivity contribution is -0.126. The fraction of sp³-hybridized carbons (Fsp3) is 0.933. The molecule has 0 aromatic heterocycles. The zero-order valence-corrected chi connectivity index (χ0v) is 12.4. The number of nitrogens with one attached hydrogen (secondary N) is 1. The highest BCUT2D eigenvalue weighted by molar-refractivity contribution is 5.78. The Morgan fingerprint density at radius 3 is 2.84 bits per heavy atom. The minimum Gasteiger partial charge on any atom is -0.359 e. The zero-order chi connectivity index (χ0) is 13.8. The van der Waals surface area contributed by atoms with Crippen molar-refractivity contribution in [3.05, 3.63) is 0 Å². The van der Waals surface area contributed by atoms with Gasteiger partial charge in [0.05, 0.1) is 5.92 Å². The Morgan fingerprint density at radius 2 is 2.16 bits per heavy atom. The first-order valence-corrected chi connectivity index (χ1v) is 7.81. The second-order valence-corrected chi connectivity index (χ2v) is 6.43. The molecular formula is C15H29N3O. The summed E-state index contributed by atoms with van der Waals surface area (Å²) < 4.78 is 0. The second-order valence-electron chi connectivity index (χ2n) is 6.43. The summed E-state index contributed by atoms with van der Waals surface area (Å²) in [6.45, 7) is 5.20. The molecule has 0 aromatic carbocycles. The molecule has 0 radical (unpaired) electrons. The molecule has 19 heavy (non-hydrogen) atoms. The molecule has 1 aliphatic heterocycles. The van der Waals surface area contributed by atoms with Gasteiger partial charge in [0.15, 0.2) is 0 Å². The Kier molecular flexibility index (Phi) is 5.22. The van der Waals surface area contributed by atoms with Crippen LogP contribution >= 0.6 is 0 Å². The van der Waals surface area contributed by atoms with Gasteiger partial charge in [0.1, 0.15) is 0 Å². The van der Waals surface area contributed by atoms with Gasteiger partial charge in [-0.3, -0.25) is 9.69 Å². The fourth-order valence-corrected chi connectivity index (χ4v) is 3.86. The van der Waals surface area contributed by atoms with E-state index in [1.54, 1.807) is 7.05 Å². The van der Waals surface area contributed by atoms with Crippen molar-refractivity contribution >= 4 is 5.91 Å². The van der Waals surface area contributed by atoms with Crippen LogP contribution in [0.1, 0.15) is 39.0 Å². The molecule has 1 heterocycles. The normalized spacial score (nSPS) is 37.0. The van der Waals surface area contributed by atoms with E-state index in [9.17, 15) is 4.79 Å². The number of nitrogens with two attached hydrogens (primary N) is 1. The lowest BCUT2D eigenvalue weighted by atomic mass is 9.77. The van der Waals surface area contributed by atoms with Gasteiger partial charge < -0.3 is 11.1 Å². The topological polar surface area (TPSA) is 58.4 Å². The number of hydrogen-bond acceptors (Lipinski definition) is 3. The van der Waals surface area contributed by atoms with E-state index in [4.69, 9.17) is 5.73 Å². The predicted octanol–water partition coefficient (Wildman–Crippen LogP) is 1.21. The standard InChI is InChI=1S/C15H29N3O/c1-11-5-6-12(9-16)14(8-11)18-7-3-4-13(10-18)15(19)17-2/h11-14H,3-10,16H2,1-2H3,(H,17,19). The van der Waals surface area contributed by atoms with Crippen LogP contribution in [0, 0.1) is 17.8 Å². The molecule has 4 heteroatoms. The van der Waals surface area contributed by atoms with Crippen molar-refractivity contribution in [3.8, 4) is 0 Å². The van der Waals surface area contributed by atoms with Gasteiger partial charge >= 0.3 is 0 Å². The number of rotatable bonds is 3. The summed E-state index contributed by atoms with van der Waals surface area (Å²) in [6, 6.07) is 0.598. The molecule has 2 aliphatic rings. The van der Waals surface area contributed by atoms with Gasteiger partial charge in [0, 0.05) is 19.6 Å². The molecule has 0 aromatic rings. The molecule has 0 spiro atoms. The van der Waals surface area contributed by atoms with Crippen molar-refractivity contribution in [2.75, 3.05) is 26.7 Å². The molecule has 2 fully saturated rings. The number of amides is 1. The molecule has 110 valence electrons. The van der Waals surface area contributed by atoms with Crippen molar-refractivity contribution in [3.63, 3.8) is 0 Å². The van der Waals surface area contributed by atoms with Crippen LogP contribution in [0.4, 0.5) is 0 Å². The quantitative estimate of drug-likeness (QED) is 0.808. The SMILES string of the molecule is CNC(=O)C1CCCN(C2CC(C)CCC2CN)C1. The van der Waals surface area contributed by atoms with E-state index in [-0.39, 0.29) is 11.8 Å². The highest BCUT2D eigenvalue weighted by Gasteiger charge is 2.35. The van der Waals surface area contributed by atoms with Crippen LogP contribution in [0.3, 0.4) is 0 Å². The van der Waals surface area contributed by atoms with Crippen molar-refractivity contribution in [1.29, 1.82) is 0 Å². The van der Waals surface area contributed by atoms with Crippen LogP contribution in [-0.2, 0) is 4.79 Å². The third kappa shape index (κ3) is 3.48. The molecule has 4 unspecified atom stereocenters. The molecule has 4 atom stereocenters. The maximum Gasteiger partial charge on any atom is 0.224 e. The van der Waals surface area contributed by atoms with Crippen LogP contribution in [0.5, 0.6) is 0 Å². The van der Waals surface area contributed by atoms with Gasteiger partial charge in [-0.2, -0.15) is 0 Å². The molecule has 4 nitrogen and oxygen atoms in total. The molecule has 2 rings (SSSR count). The van der Waals surface area contributed by atoms with E-state index in [0.29, 0.717) is 12.0 Å². The number of carbonyl (C=O) groups is 1. The summed E-state index contributed by atoms with van der Waals surface area (Å²) in [5, 5.41) is 2.80. The fourth-order valence-electron chi connectivity index (χ4n) is 3.86. The van der Waals surface area contributed by atoms with Gasteiger partial charge in [-0.25, -0.2) is 0 Å². The third-order valence-corrected chi connectivity index (χ3v) is 5.06. The van der Waals surface area contributed by atoms with E-state index >= 15 is 0 Å². The van der Waals surface area contributed by atoms with E-state index in [1.807, 2.05) is 0 Å². The summed E-state index contributed by atoms with van der Waals surface area (Å²) in [5.41, 5.74) is 5.96. The smallest absolute Gasteiger partial charge is 0.224 e. The molecule has 1 amide bonds. The van der Waals surface area contributed by atoms with Gasteiger partial charge in [-0.05, 0) is 50.6 Å². The van der Waals surface area contributed by atoms with Gasteiger partial charge in [-0.1, -0.05) is 13.3 Å². The summed E-state index contributed by atoms with van der Waals surface area (Å²) in [4.78, 5) is 14.4. The van der Waals surface area contributed by atoms with E-state index in [0.717, 1.165) is 38.4 Å². The summed E-state index contributed by atoms with van der Waals surface area (Å²) in [5.74, 6) is 1.81. The maximum absolute atomic E-state index is 11.8. The summed E-state index contributed by atoms with van der Waals surface area (Å²) in [7, 11) is 1.74. The lowest BCUT2D eigenvalue weighted by Crippen LogP contribution is -2.52. The van der Waals surface area contributed by atoms with Gasteiger partial charge in [0.25, 0.3) is 0 Å². The molecule has 1 aliphatic carbocycles. The minimum absolute atomic E-state index is 0.175. The third-order valence-electron chi connectivity index (χ3n) is 5.06. The number of piperidine rings is 1.